The molecule has 0 aliphatic carbocycles. The number of pyridine rings is 1. The molecule has 3 rings (SSSR count). The third-order valence-electron chi connectivity index (χ3n) is 3.82. The molecule has 1 N–H and O–H groups in total. The number of rotatable bonds is 5. The van der Waals surface area contributed by atoms with E-state index in [1.54, 1.807) is 12.1 Å². The molecule has 0 radical (unpaired) electrons. The maximum Gasteiger partial charge on any atom is 0.234 e. The third kappa shape index (κ3) is 4.19. The largest absolute Gasteiger partial charge is 0.325 e. The fraction of sp³-hybridized carbons (Fsp3) is 0.150. The van der Waals surface area contributed by atoms with Crippen LogP contribution in [0.25, 0.3) is 10.9 Å². The van der Waals surface area contributed by atoms with Crippen LogP contribution < -0.4 is 5.32 Å². The van der Waals surface area contributed by atoms with Crippen molar-refractivity contribution < 1.29 is 9.18 Å². The molecule has 0 fully saturated rings. The summed E-state index contributed by atoms with van der Waals surface area (Å²) >= 11 is 1.19. The summed E-state index contributed by atoms with van der Waals surface area (Å²) in [6.45, 7) is 2.07. The van der Waals surface area contributed by atoms with Gasteiger partial charge in [-0.25, -0.2) is 9.37 Å². The first-order chi connectivity index (χ1) is 12.6. The molecule has 0 atom stereocenters. The number of aromatic nitrogens is 1. The molecule has 3 aromatic rings. The number of aryl methyl sites for hydroxylation is 1. The van der Waals surface area contributed by atoms with Crippen LogP contribution in [0.1, 0.15) is 18.1 Å². The van der Waals surface area contributed by atoms with E-state index in [-0.39, 0.29) is 11.7 Å². The van der Waals surface area contributed by atoms with Gasteiger partial charge in [-0.2, -0.15) is 5.26 Å². The van der Waals surface area contributed by atoms with Crippen LogP contribution in [0, 0.1) is 17.1 Å². The van der Waals surface area contributed by atoms with Gasteiger partial charge in [0, 0.05) is 11.1 Å². The lowest BCUT2D eigenvalue weighted by molar-refractivity contribution is -0.113. The second-order valence-corrected chi connectivity index (χ2v) is 6.64. The summed E-state index contributed by atoms with van der Waals surface area (Å²) in [5.74, 6) is -0.617. The molecule has 0 bridgehead atoms. The van der Waals surface area contributed by atoms with Gasteiger partial charge in [0.05, 0.1) is 16.8 Å². The predicted octanol–water partition coefficient (Wildman–Crippen LogP) is 4.54. The van der Waals surface area contributed by atoms with E-state index in [9.17, 15) is 14.4 Å². The number of carbonyl (C=O) groups excluding carboxylic acids is 1. The van der Waals surface area contributed by atoms with Crippen molar-refractivity contribution in [1.82, 2.24) is 4.98 Å². The number of halogens is 1. The Hall–Kier alpha value is -2.91. The van der Waals surface area contributed by atoms with E-state index in [4.69, 9.17) is 0 Å². The Kier molecular flexibility index (Phi) is 5.49. The number of nitriles is 1. The van der Waals surface area contributed by atoms with E-state index in [0.29, 0.717) is 16.3 Å². The smallest absolute Gasteiger partial charge is 0.234 e. The molecule has 0 saturated heterocycles. The molecule has 1 aromatic heterocycles. The molecule has 2 aromatic carbocycles. The Balaban J connectivity index is 1.75. The third-order valence-corrected chi connectivity index (χ3v) is 4.81. The van der Waals surface area contributed by atoms with Gasteiger partial charge in [0.2, 0.25) is 5.91 Å². The van der Waals surface area contributed by atoms with Crippen molar-refractivity contribution in [3.8, 4) is 6.07 Å². The van der Waals surface area contributed by atoms with Crippen molar-refractivity contribution in [2.24, 2.45) is 0 Å². The molecule has 0 aliphatic heterocycles. The van der Waals surface area contributed by atoms with Gasteiger partial charge in [0.25, 0.3) is 0 Å². The minimum absolute atomic E-state index is 0.0801. The van der Waals surface area contributed by atoms with Crippen LogP contribution in [0.4, 0.5) is 10.1 Å². The van der Waals surface area contributed by atoms with Crippen LogP contribution in [0.2, 0.25) is 0 Å². The number of hydrogen-bond acceptors (Lipinski definition) is 4. The van der Waals surface area contributed by atoms with Gasteiger partial charge in [0.15, 0.2) is 0 Å². The first-order valence-corrected chi connectivity index (χ1v) is 9.09. The average molecular weight is 365 g/mol. The van der Waals surface area contributed by atoms with E-state index in [1.165, 1.54) is 35.5 Å². The molecule has 26 heavy (non-hydrogen) atoms. The topological polar surface area (TPSA) is 65.8 Å². The zero-order valence-corrected chi connectivity index (χ0v) is 14.9. The molecule has 1 amide bonds. The quantitative estimate of drug-likeness (QED) is 0.674. The highest BCUT2D eigenvalue weighted by Gasteiger charge is 2.11. The summed E-state index contributed by atoms with van der Waals surface area (Å²) < 4.78 is 13.2. The highest BCUT2D eigenvalue weighted by atomic mass is 32.2. The summed E-state index contributed by atoms with van der Waals surface area (Å²) in [5, 5.41) is 13.4. The summed E-state index contributed by atoms with van der Waals surface area (Å²) in [6, 6.07) is 15.6. The van der Waals surface area contributed by atoms with Crippen LogP contribution in [-0.4, -0.2) is 16.6 Å². The van der Waals surface area contributed by atoms with Crippen molar-refractivity contribution in [2.75, 3.05) is 11.1 Å². The highest BCUT2D eigenvalue weighted by Crippen LogP contribution is 2.25. The van der Waals surface area contributed by atoms with Gasteiger partial charge in [-0.1, -0.05) is 30.8 Å². The number of fused-ring (bicyclic) bond motifs is 1. The van der Waals surface area contributed by atoms with Gasteiger partial charge in [-0.15, -0.1) is 0 Å². The van der Waals surface area contributed by atoms with E-state index in [2.05, 4.69) is 23.3 Å². The summed E-state index contributed by atoms with van der Waals surface area (Å²) in [5.41, 5.74) is 2.80. The Morgan fingerprint density at radius 1 is 1.27 bits per heavy atom. The standard InChI is InChI=1S/C20H16FN3OS/c1-2-13-6-7-18-14(8-13)9-15(11-22)20(24-18)26-12-19(25)23-17-5-3-4-16(21)10-17/h3-10H,2,12H2,1H3,(H,23,25). The van der Waals surface area contributed by atoms with Crippen LogP contribution in [0.3, 0.4) is 0 Å². The fourth-order valence-corrected chi connectivity index (χ4v) is 3.28. The van der Waals surface area contributed by atoms with Gasteiger partial charge in [-0.05, 0) is 48.4 Å². The summed E-state index contributed by atoms with van der Waals surface area (Å²) in [7, 11) is 0. The lowest BCUT2D eigenvalue weighted by Crippen LogP contribution is -2.14. The SMILES string of the molecule is CCc1ccc2nc(SCC(=O)Nc3cccc(F)c3)c(C#N)cc2c1. The minimum atomic E-state index is -0.412. The Labute approximate surface area is 155 Å². The van der Waals surface area contributed by atoms with Crippen molar-refractivity contribution in [3.05, 3.63) is 65.5 Å². The lowest BCUT2D eigenvalue weighted by atomic mass is 10.1. The number of carbonyl (C=O) groups is 1. The molecule has 0 spiro atoms. The highest BCUT2D eigenvalue weighted by molar-refractivity contribution is 8.00. The minimum Gasteiger partial charge on any atom is -0.325 e. The molecule has 4 nitrogen and oxygen atoms in total. The second-order valence-electron chi connectivity index (χ2n) is 5.68. The van der Waals surface area contributed by atoms with Crippen LogP contribution >= 0.6 is 11.8 Å². The molecule has 6 heteroatoms. The van der Waals surface area contributed by atoms with E-state index in [1.807, 2.05) is 18.2 Å². The number of nitrogens with zero attached hydrogens (tertiary/aromatic N) is 2. The van der Waals surface area contributed by atoms with Crippen molar-refractivity contribution in [3.63, 3.8) is 0 Å². The number of amides is 1. The first-order valence-electron chi connectivity index (χ1n) is 8.11. The maximum absolute atomic E-state index is 13.2. The first kappa shape index (κ1) is 17.9. The lowest BCUT2D eigenvalue weighted by Gasteiger charge is -2.08. The number of nitrogens with one attached hydrogen (secondary N) is 1. The number of thioether (sulfide) groups is 1. The zero-order valence-electron chi connectivity index (χ0n) is 14.1. The average Bonchev–Trinajstić information content (AvgIpc) is 2.65. The Bertz CT molecular complexity index is 1010. The Morgan fingerprint density at radius 2 is 2.12 bits per heavy atom. The molecule has 0 aliphatic rings. The molecule has 1 heterocycles. The second kappa shape index (κ2) is 7.98. The molecule has 130 valence electrons. The van der Waals surface area contributed by atoms with Crippen molar-refractivity contribution in [2.45, 2.75) is 18.4 Å². The maximum atomic E-state index is 13.2. The monoisotopic (exact) mass is 365 g/mol. The van der Waals surface area contributed by atoms with Crippen molar-refractivity contribution in [1.29, 1.82) is 5.26 Å². The molecule has 0 unspecified atom stereocenters. The van der Waals surface area contributed by atoms with Gasteiger partial charge in [-0.3, -0.25) is 4.79 Å². The van der Waals surface area contributed by atoms with Gasteiger partial charge < -0.3 is 5.32 Å². The van der Waals surface area contributed by atoms with E-state index in [0.717, 1.165) is 17.3 Å². The zero-order chi connectivity index (χ0) is 18.5. The van der Waals surface area contributed by atoms with Crippen LogP contribution in [-0.2, 0) is 11.2 Å². The number of anilines is 1. The summed E-state index contributed by atoms with van der Waals surface area (Å²) in [4.78, 5) is 16.6. The Morgan fingerprint density at radius 3 is 2.85 bits per heavy atom. The van der Waals surface area contributed by atoms with Gasteiger partial charge in [0.1, 0.15) is 16.9 Å². The molecule has 0 saturated carbocycles. The van der Waals surface area contributed by atoms with E-state index < -0.39 is 5.82 Å². The van der Waals surface area contributed by atoms with Crippen LogP contribution in [0.15, 0.2) is 53.6 Å². The van der Waals surface area contributed by atoms with Gasteiger partial charge >= 0.3 is 0 Å². The normalized spacial score (nSPS) is 10.5. The molecular formula is C20H16FN3OS. The van der Waals surface area contributed by atoms with E-state index >= 15 is 0 Å². The summed E-state index contributed by atoms with van der Waals surface area (Å²) in [6.07, 6.45) is 0.911. The number of benzene rings is 2. The van der Waals surface area contributed by atoms with Crippen molar-refractivity contribution >= 4 is 34.3 Å². The fourth-order valence-electron chi connectivity index (χ4n) is 2.52. The predicted molar refractivity (Wildman–Crippen MR) is 102 cm³/mol. The number of hydrogen-bond donors (Lipinski definition) is 1. The van der Waals surface area contributed by atoms with Crippen LogP contribution in [0.5, 0.6) is 0 Å². The molecular weight excluding hydrogens is 349 g/mol.